The van der Waals surface area contributed by atoms with Crippen LogP contribution in [0.3, 0.4) is 0 Å². The van der Waals surface area contributed by atoms with E-state index in [4.69, 9.17) is 14.2 Å². The Balaban J connectivity index is 3.44. The average Bonchev–Trinajstić information content (AvgIpc) is 3.02. The van der Waals surface area contributed by atoms with E-state index in [1.807, 2.05) is 0 Å². The molecule has 0 aromatic heterocycles. The average molecular weight is 375 g/mol. The first-order chi connectivity index (χ1) is 11.5. The van der Waals surface area contributed by atoms with Crippen LogP contribution >= 0.6 is 0 Å². The minimum atomic E-state index is -2.13. The third-order valence-electron chi connectivity index (χ3n) is 4.05. The van der Waals surface area contributed by atoms with Crippen molar-refractivity contribution in [1.82, 2.24) is 4.90 Å². The molecule has 0 N–H and O–H groups in total. The lowest BCUT2D eigenvalue weighted by molar-refractivity contribution is -0.151. The van der Waals surface area contributed by atoms with Gasteiger partial charge in [-0.15, -0.1) is 0 Å². The normalized spacial score (nSPS) is 25.5. The second kappa shape index (κ2) is 6.70. The number of carbonyl (C=O) groups excluding carboxylic acids is 3. The molecule has 1 rings (SSSR count). The molecule has 150 valence electrons. The molecule has 8 heteroatoms. The Bertz CT molecular complexity index is 563. The highest BCUT2D eigenvalue weighted by Crippen LogP contribution is 2.60. The van der Waals surface area contributed by atoms with Crippen molar-refractivity contribution in [3.05, 3.63) is 0 Å². The molecule has 26 heavy (non-hydrogen) atoms. The molecule has 0 spiro atoms. The topological polar surface area (TPSA) is 82.1 Å². The van der Waals surface area contributed by atoms with Gasteiger partial charge in [0.05, 0.1) is 7.11 Å². The number of methoxy groups -OCH3 is 1. The summed E-state index contributed by atoms with van der Waals surface area (Å²) in [6.07, 6.45) is -2.68. The van der Waals surface area contributed by atoms with Crippen molar-refractivity contribution in [2.45, 2.75) is 84.2 Å². The van der Waals surface area contributed by atoms with E-state index in [-0.39, 0.29) is 6.42 Å². The summed E-state index contributed by atoms with van der Waals surface area (Å²) in [6, 6.07) is 0. The highest BCUT2D eigenvalue weighted by atomic mass is 19.1. The van der Waals surface area contributed by atoms with E-state index in [1.165, 1.54) is 0 Å². The second-order valence-electron chi connectivity index (χ2n) is 8.84. The number of alkyl halides is 1. The van der Waals surface area contributed by atoms with Gasteiger partial charge in [0.1, 0.15) is 11.2 Å². The van der Waals surface area contributed by atoms with Crippen LogP contribution in [0.2, 0.25) is 0 Å². The van der Waals surface area contributed by atoms with Crippen LogP contribution in [0.5, 0.6) is 0 Å². The van der Waals surface area contributed by atoms with Crippen LogP contribution in [0, 0.1) is 5.92 Å². The van der Waals surface area contributed by atoms with Gasteiger partial charge in [-0.2, -0.15) is 4.90 Å². The molecular weight excluding hydrogens is 345 g/mol. The second-order valence-corrected chi connectivity index (χ2v) is 8.84. The first-order valence-electron chi connectivity index (χ1n) is 8.55. The lowest BCUT2D eigenvalue weighted by Gasteiger charge is -2.34. The number of rotatable bonds is 3. The number of hydrogen-bond acceptors (Lipinski definition) is 6. The van der Waals surface area contributed by atoms with Gasteiger partial charge in [-0.05, 0) is 47.5 Å². The van der Waals surface area contributed by atoms with Crippen LogP contribution in [-0.4, -0.2) is 52.6 Å². The summed E-state index contributed by atoms with van der Waals surface area (Å²) in [5.41, 5.74) is -6.16. The monoisotopic (exact) mass is 375 g/mol. The van der Waals surface area contributed by atoms with Gasteiger partial charge >= 0.3 is 18.2 Å². The van der Waals surface area contributed by atoms with Crippen LogP contribution in [0.25, 0.3) is 0 Å². The zero-order valence-electron chi connectivity index (χ0n) is 17.1. The number of hydrogen-bond donors (Lipinski definition) is 0. The van der Waals surface area contributed by atoms with Gasteiger partial charge in [0, 0.05) is 6.42 Å². The molecule has 1 saturated carbocycles. The summed E-state index contributed by atoms with van der Waals surface area (Å²) in [7, 11) is 1.07. The van der Waals surface area contributed by atoms with Gasteiger partial charge in [-0.1, -0.05) is 13.8 Å². The van der Waals surface area contributed by atoms with Gasteiger partial charge in [0.15, 0.2) is 11.2 Å². The number of carbonyl (C=O) groups is 3. The van der Waals surface area contributed by atoms with Gasteiger partial charge in [0.25, 0.3) is 0 Å². The van der Waals surface area contributed by atoms with E-state index >= 15 is 4.39 Å². The molecule has 2 amide bonds. The van der Waals surface area contributed by atoms with E-state index in [1.54, 1.807) is 55.4 Å². The highest BCUT2D eigenvalue weighted by Gasteiger charge is 2.82. The molecule has 0 heterocycles. The fourth-order valence-electron chi connectivity index (χ4n) is 2.78. The van der Waals surface area contributed by atoms with Gasteiger partial charge < -0.3 is 14.2 Å². The van der Waals surface area contributed by atoms with Crippen molar-refractivity contribution < 1.29 is 33.0 Å². The van der Waals surface area contributed by atoms with Crippen LogP contribution in [0.1, 0.15) is 61.8 Å². The van der Waals surface area contributed by atoms with E-state index in [0.717, 1.165) is 7.11 Å². The van der Waals surface area contributed by atoms with E-state index in [9.17, 15) is 14.4 Å². The Morgan fingerprint density at radius 2 is 1.35 bits per heavy atom. The molecule has 1 aliphatic carbocycles. The molecule has 0 aliphatic heterocycles. The molecule has 0 unspecified atom stereocenters. The van der Waals surface area contributed by atoms with Crippen molar-refractivity contribution in [2.24, 2.45) is 5.92 Å². The third kappa shape index (κ3) is 4.10. The fourth-order valence-corrected chi connectivity index (χ4v) is 2.78. The van der Waals surface area contributed by atoms with Crippen molar-refractivity contribution in [3.63, 3.8) is 0 Å². The first kappa shape index (κ1) is 22.2. The quantitative estimate of drug-likeness (QED) is 0.551. The van der Waals surface area contributed by atoms with E-state index in [2.05, 4.69) is 0 Å². The summed E-state index contributed by atoms with van der Waals surface area (Å²) >= 11 is 0. The molecule has 0 radical (unpaired) electrons. The maximum absolute atomic E-state index is 15.5. The highest BCUT2D eigenvalue weighted by molar-refractivity contribution is 6.00. The van der Waals surface area contributed by atoms with Crippen LogP contribution in [-0.2, 0) is 19.0 Å². The Kier molecular flexibility index (Phi) is 5.72. The van der Waals surface area contributed by atoms with Crippen molar-refractivity contribution in [3.8, 4) is 0 Å². The molecule has 2 atom stereocenters. The molecule has 1 aliphatic rings. The molecule has 1 fully saturated rings. The lowest BCUT2D eigenvalue weighted by atomic mass is 10.00. The third-order valence-corrected chi connectivity index (χ3v) is 4.05. The molecule has 0 saturated heterocycles. The predicted molar refractivity (Wildman–Crippen MR) is 92.3 cm³/mol. The summed E-state index contributed by atoms with van der Waals surface area (Å²) in [5, 5.41) is 0. The van der Waals surface area contributed by atoms with E-state index in [0.29, 0.717) is 4.90 Å². The largest absolute Gasteiger partial charge is 0.467 e. The lowest BCUT2D eigenvalue weighted by Crippen LogP contribution is -2.58. The van der Waals surface area contributed by atoms with Crippen LogP contribution < -0.4 is 0 Å². The number of ether oxygens (including phenoxy) is 3. The summed E-state index contributed by atoms with van der Waals surface area (Å²) in [5.74, 6) is -1.67. The number of esters is 1. The maximum Gasteiger partial charge on any atom is 0.420 e. The number of halogens is 1. The Hall–Kier alpha value is -1.86. The molecule has 0 aromatic rings. The summed E-state index contributed by atoms with van der Waals surface area (Å²) in [4.78, 5) is 38.4. The Morgan fingerprint density at radius 1 is 0.962 bits per heavy atom. The molecular formula is C18H30FNO6. The summed E-state index contributed by atoms with van der Waals surface area (Å²) in [6.45, 7) is 12.7. The van der Waals surface area contributed by atoms with Gasteiger partial charge in [-0.3, -0.25) is 0 Å². The maximum atomic E-state index is 15.5. The smallest absolute Gasteiger partial charge is 0.420 e. The molecule has 7 nitrogen and oxygen atoms in total. The van der Waals surface area contributed by atoms with Crippen molar-refractivity contribution in [1.29, 1.82) is 0 Å². The zero-order chi connectivity index (χ0) is 20.7. The first-order valence-corrected chi connectivity index (χ1v) is 8.55. The minimum Gasteiger partial charge on any atom is -0.467 e. The van der Waals surface area contributed by atoms with Crippen LogP contribution in [0.4, 0.5) is 14.0 Å². The fraction of sp³-hybridized carbons (Fsp3) is 0.833. The predicted octanol–water partition coefficient (Wildman–Crippen LogP) is 3.84. The van der Waals surface area contributed by atoms with Crippen molar-refractivity contribution in [2.75, 3.05) is 7.11 Å². The Labute approximate surface area is 154 Å². The minimum absolute atomic E-state index is 0.372. The standard InChI is InChI=1S/C18H30FNO6/c1-11(2)17(19)10-18(17,12(21)24-9)20(13(22)25-15(3,4)5)14(23)26-16(6,7)8/h11H,10H2,1-9H3/t17-,18+/m1/s1. The van der Waals surface area contributed by atoms with Gasteiger partial charge in [-0.25, -0.2) is 18.8 Å². The number of amides is 2. The summed E-state index contributed by atoms with van der Waals surface area (Å²) < 4.78 is 30.7. The number of imide groups is 1. The molecule has 0 aromatic carbocycles. The Morgan fingerprint density at radius 3 is 1.58 bits per heavy atom. The molecule has 0 bridgehead atoms. The van der Waals surface area contributed by atoms with Crippen molar-refractivity contribution >= 4 is 18.2 Å². The zero-order valence-corrected chi connectivity index (χ0v) is 17.1. The van der Waals surface area contributed by atoms with E-state index < -0.39 is 46.5 Å². The van der Waals surface area contributed by atoms with Gasteiger partial charge in [0.2, 0.25) is 0 Å². The van der Waals surface area contributed by atoms with Crippen LogP contribution in [0.15, 0.2) is 0 Å². The SMILES string of the molecule is COC(=O)[C@@]1(N(C(=O)OC(C)(C)C)C(=O)OC(C)(C)C)C[C@@]1(F)C(C)C. The number of nitrogens with zero attached hydrogens (tertiary/aromatic N) is 1.